The van der Waals surface area contributed by atoms with E-state index in [2.05, 4.69) is 67.5 Å². The molecule has 0 saturated heterocycles. The number of rotatable bonds is 44. The zero-order valence-electron chi connectivity index (χ0n) is 53.1. The van der Waals surface area contributed by atoms with E-state index in [4.69, 9.17) is 33.8 Å². The Bertz CT molecular complexity index is 3530. The minimum Gasteiger partial charge on any atom is -0.508 e. The van der Waals surface area contributed by atoms with Crippen LogP contribution in [0.15, 0.2) is 102 Å². The maximum absolute atomic E-state index is 15.0. The number of phenolic OH excluding ortho intramolecular Hbond substituents is 1. The van der Waals surface area contributed by atoms with Gasteiger partial charge in [-0.25, -0.2) is 9.97 Å². The minimum atomic E-state index is -1.73. The fraction of sp³-hybridized carbons (Fsp3) is 0.426. The summed E-state index contributed by atoms with van der Waals surface area (Å²) < 4.78 is 0. The van der Waals surface area contributed by atoms with Crippen molar-refractivity contribution in [2.75, 3.05) is 32.0 Å². The second kappa shape index (κ2) is 40.9. The van der Waals surface area contributed by atoms with Gasteiger partial charge in [-0.05, 0) is 104 Å². The van der Waals surface area contributed by atoms with E-state index in [-0.39, 0.29) is 75.5 Å². The molecule has 10 amide bonds. The number of para-hydroxylation sites is 1. The normalized spacial score (nSPS) is 13.8. The van der Waals surface area contributed by atoms with Gasteiger partial charge in [0.15, 0.2) is 5.96 Å². The first-order valence-electron chi connectivity index (χ1n) is 30.9. The number of aromatic nitrogens is 4. The lowest BCUT2D eigenvalue weighted by Crippen LogP contribution is -2.61. The van der Waals surface area contributed by atoms with Gasteiger partial charge in [0.2, 0.25) is 59.1 Å². The number of imidazole rings is 1. The molecule has 0 spiro atoms. The first-order chi connectivity index (χ1) is 46.8. The largest absolute Gasteiger partial charge is 0.508 e. The number of carbonyl (C=O) groups is 12. The van der Waals surface area contributed by atoms with E-state index in [1.165, 1.54) is 58.4 Å². The van der Waals surface area contributed by atoms with E-state index in [9.17, 15) is 68.1 Å². The third kappa shape index (κ3) is 27.4. The number of hydrogen-bond donors (Lipinski definition) is 20. The highest BCUT2D eigenvalue weighted by atomic mass is 33.1. The van der Waals surface area contributed by atoms with Crippen molar-refractivity contribution in [1.82, 2.24) is 67.8 Å². The molecule has 3 aromatic heterocycles. The average molecular weight is 1400 g/mol. The number of hydrogen-bond acceptors (Lipinski definition) is 21. The maximum Gasteiger partial charge on any atom is 0.322 e. The van der Waals surface area contributed by atoms with E-state index in [1.807, 2.05) is 5.32 Å². The van der Waals surface area contributed by atoms with Crippen molar-refractivity contribution in [3.05, 3.63) is 108 Å². The molecule has 530 valence electrons. The Balaban J connectivity index is 1.45. The number of aliphatic hydroxyl groups is 1. The number of carboxylic acids is 2. The summed E-state index contributed by atoms with van der Waals surface area (Å²) in [5, 5.41) is 62.8. The van der Waals surface area contributed by atoms with Gasteiger partial charge in [0.1, 0.15) is 65.7 Å². The number of aliphatic carboxylic acids is 2. The number of guanidine groups is 1. The number of amides is 10. The highest BCUT2D eigenvalue weighted by Crippen LogP contribution is 2.29. The van der Waals surface area contributed by atoms with Gasteiger partial charge in [-0.1, -0.05) is 47.2 Å². The number of primary amides is 1. The van der Waals surface area contributed by atoms with Crippen molar-refractivity contribution in [2.45, 2.75) is 136 Å². The standard InChI is InChI=1S/C61H83N19O16S2/c62-21-5-3-10-40(74-58(94)45(25-34-27-70-39-9-2-1-8-37(34)39)78-59(95)46(26-35-28-67-32-72-35)79-60(96)47(30-81)80-52(88)38(63)31-97-98-49-12-4-6-22-68-49)54(90)73-41(11-7-23-69-61(65)66)55(91)77-44(24-33-13-15-36(82)16-14-33)57(93)76-43(17-19-48(64)83)56(92)75-42(18-20-50(84)85)53(89)71-29-51(86)87/h1-2,4,6,8-9,12-16,22,27-28,32,38,40-47,70,81-82H,3,5,7,10-11,17-21,23-26,29-31,62-63H2,(H2,64,83)(H,67,72)(H,71,89)(H,73,90)(H,74,94)(H,75,92)(H,76,93)(H,77,91)(H,78,95)(H,79,96)(H,80,88)(H,84,85)(H,86,87)(H4,65,66,69)/t38-,40-,41-,42-,43-,44-,45-,46-,47-/m0/s1. The molecule has 0 unspecified atom stereocenters. The number of unbranched alkanes of at least 4 members (excludes halogenated alkanes) is 1. The summed E-state index contributed by atoms with van der Waals surface area (Å²) in [6.45, 7) is -1.75. The number of nitrogens with one attached hydrogen (secondary N) is 11. The molecule has 5 rings (SSSR count). The molecular formula is C61H83N19O16S2. The summed E-state index contributed by atoms with van der Waals surface area (Å²) in [6.07, 6.45) is 3.00. The molecule has 0 fully saturated rings. The number of fused-ring (bicyclic) bond motifs is 1. The van der Waals surface area contributed by atoms with Gasteiger partial charge in [-0.2, -0.15) is 0 Å². The van der Waals surface area contributed by atoms with Crippen molar-refractivity contribution in [2.24, 2.45) is 33.7 Å². The maximum atomic E-state index is 15.0. The van der Waals surface area contributed by atoms with Crippen LogP contribution in [0, 0.1) is 0 Å². The molecule has 9 atom stereocenters. The van der Waals surface area contributed by atoms with Crippen molar-refractivity contribution < 1.29 is 78.0 Å². The molecule has 37 heteroatoms. The van der Waals surface area contributed by atoms with E-state index < -0.39 is 164 Å². The summed E-state index contributed by atoms with van der Waals surface area (Å²) in [5.41, 5.74) is 30.5. The van der Waals surface area contributed by atoms with E-state index in [1.54, 1.807) is 54.9 Å². The Morgan fingerprint density at radius 3 is 1.67 bits per heavy atom. The first-order valence-corrected chi connectivity index (χ1v) is 33.2. The van der Waals surface area contributed by atoms with Crippen LogP contribution in [0.4, 0.5) is 0 Å². The second-order valence-electron chi connectivity index (χ2n) is 22.3. The number of nitrogens with two attached hydrogens (primary N) is 5. The lowest BCUT2D eigenvalue weighted by atomic mass is 10.0. The lowest BCUT2D eigenvalue weighted by Gasteiger charge is -2.28. The van der Waals surface area contributed by atoms with Gasteiger partial charge in [-0.15, -0.1) is 0 Å². The van der Waals surface area contributed by atoms with Crippen LogP contribution in [-0.2, 0) is 76.8 Å². The first kappa shape index (κ1) is 78.3. The van der Waals surface area contributed by atoms with Gasteiger partial charge in [0.05, 0.1) is 19.0 Å². The Morgan fingerprint density at radius 2 is 1.11 bits per heavy atom. The molecule has 3 heterocycles. The van der Waals surface area contributed by atoms with Crippen LogP contribution in [0.2, 0.25) is 0 Å². The number of aliphatic imine (C=N–C) groups is 1. The van der Waals surface area contributed by atoms with Crippen LogP contribution >= 0.6 is 21.6 Å². The van der Waals surface area contributed by atoms with Crippen molar-refractivity contribution in [3.8, 4) is 5.75 Å². The van der Waals surface area contributed by atoms with Crippen LogP contribution in [0.5, 0.6) is 5.75 Å². The van der Waals surface area contributed by atoms with Crippen LogP contribution in [0.1, 0.15) is 74.6 Å². The van der Waals surface area contributed by atoms with Gasteiger partial charge in [0, 0.05) is 79.6 Å². The van der Waals surface area contributed by atoms with Crippen LogP contribution in [0.3, 0.4) is 0 Å². The number of pyridine rings is 1. The molecule has 0 aliphatic carbocycles. The van der Waals surface area contributed by atoms with E-state index in [0.717, 1.165) is 0 Å². The number of H-pyrrole nitrogens is 2. The van der Waals surface area contributed by atoms with Crippen molar-refractivity contribution >= 4 is 109 Å². The summed E-state index contributed by atoms with van der Waals surface area (Å²) in [6, 6.07) is 3.76. The Kier molecular flexibility index (Phi) is 32.7. The fourth-order valence-corrected chi connectivity index (χ4v) is 11.6. The van der Waals surface area contributed by atoms with Gasteiger partial charge in [0.25, 0.3) is 0 Å². The number of aliphatic hydroxyl groups excluding tert-OH is 1. The van der Waals surface area contributed by atoms with Gasteiger partial charge < -0.3 is 107 Å². The lowest BCUT2D eigenvalue weighted by molar-refractivity contribution is -0.140. The number of benzene rings is 2. The molecule has 0 radical (unpaired) electrons. The highest BCUT2D eigenvalue weighted by Gasteiger charge is 2.36. The van der Waals surface area contributed by atoms with E-state index in [0.29, 0.717) is 39.2 Å². The molecule has 25 N–H and O–H groups in total. The third-order valence-electron chi connectivity index (χ3n) is 14.7. The van der Waals surface area contributed by atoms with Crippen molar-refractivity contribution in [3.63, 3.8) is 0 Å². The zero-order valence-corrected chi connectivity index (χ0v) is 54.7. The molecule has 5 aromatic rings. The zero-order chi connectivity index (χ0) is 71.7. The van der Waals surface area contributed by atoms with Crippen LogP contribution in [-0.4, -0.2) is 204 Å². The topological polar surface area (TPSA) is 594 Å². The molecule has 35 nitrogen and oxygen atoms in total. The van der Waals surface area contributed by atoms with Gasteiger partial charge in [-0.3, -0.25) is 62.5 Å². The summed E-state index contributed by atoms with van der Waals surface area (Å²) in [5.74, 6) is -13.1. The van der Waals surface area contributed by atoms with E-state index >= 15 is 4.79 Å². The predicted molar refractivity (Wildman–Crippen MR) is 358 cm³/mol. The molecule has 0 bridgehead atoms. The highest BCUT2D eigenvalue weighted by molar-refractivity contribution is 8.76. The number of aromatic hydroxyl groups is 1. The molecular weight excluding hydrogens is 1320 g/mol. The third-order valence-corrected chi connectivity index (χ3v) is 17.0. The summed E-state index contributed by atoms with van der Waals surface area (Å²) in [4.78, 5) is 181. The molecule has 98 heavy (non-hydrogen) atoms. The predicted octanol–water partition coefficient (Wildman–Crippen LogP) is -3.83. The average Bonchev–Trinajstić information content (AvgIpc) is 1.51. The smallest absolute Gasteiger partial charge is 0.322 e. The fourth-order valence-electron chi connectivity index (χ4n) is 9.56. The monoisotopic (exact) mass is 1400 g/mol. The SMILES string of the molecule is NCCCC[C@H](NC(=O)[C@H](Cc1c[nH]c2ccccc12)NC(=O)[C@H](Cc1cnc[nH]1)NC(=O)[C@H](CO)NC(=O)[C@@H](N)CSSc1ccccn1)C(=O)N[C@@H](CCCN=C(N)N)C(=O)N[C@@H](Cc1ccc(O)cc1)C(=O)N[C@@H](CCC(N)=O)C(=O)N[C@@H](CCC(=O)O)C(=O)NCC(=O)O. The molecule has 2 aromatic carbocycles. The molecule has 0 aliphatic rings. The van der Waals surface area contributed by atoms with Crippen LogP contribution in [0.25, 0.3) is 10.9 Å². The van der Waals surface area contributed by atoms with Crippen molar-refractivity contribution in [1.29, 1.82) is 0 Å². The number of carboxylic acid groups (broad SMARTS) is 2. The Labute approximate surface area is 569 Å². The number of carbonyl (C=O) groups excluding carboxylic acids is 10. The number of nitrogens with zero attached hydrogens (tertiary/aromatic N) is 3. The molecule has 0 saturated carbocycles. The quantitative estimate of drug-likeness (QED) is 0.00769. The second-order valence-corrected chi connectivity index (χ2v) is 24.7. The summed E-state index contributed by atoms with van der Waals surface area (Å²) in [7, 11) is 2.50. The van der Waals surface area contributed by atoms with Crippen LogP contribution < -0.4 is 76.5 Å². The summed E-state index contributed by atoms with van der Waals surface area (Å²) >= 11 is 0. The number of phenols is 1. The Morgan fingerprint density at radius 1 is 0.571 bits per heavy atom. The van der Waals surface area contributed by atoms with Gasteiger partial charge >= 0.3 is 11.9 Å². The minimum absolute atomic E-state index is 0.00731. The number of aromatic amines is 2. The molecule has 0 aliphatic heterocycles. The Hall–Kier alpha value is -10.4.